The maximum absolute atomic E-state index is 13.1. The summed E-state index contributed by atoms with van der Waals surface area (Å²) in [5, 5.41) is 0.664. The second-order valence-electron chi connectivity index (χ2n) is 6.23. The first-order valence-electron chi connectivity index (χ1n) is 8.70. The van der Waals surface area contributed by atoms with Crippen LogP contribution in [0.15, 0.2) is 94.8 Å². The molecule has 0 spiro atoms. The van der Waals surface area contributed by atoms with Gasteiger partial charge in [0.1, 0.15) is 0 Å². The van der Waals surface area contributed by atoms with Crippen molar-refractivity contribution in [1.82, 2.24) is 0 Å². The average Bonchev–Trinajstić information content (AvgIpc) is 3.00. The van der Waals surface area contributed by atoms with E-state index in [4.69, 9.17) is 4.99 Å². The number of hydrogen-bond donors (Lipinski definition) is 0. The SMILES string of the molecule is Cc1ccc(N=C2SC(=Cc3ccccc3)C(=O)N2c2ccccc2)cc1. The minimum absolute atomic E-state index is 0.0547. The van der Waals surface area contributed by atoms with Gasteiger partial charge in [0.25, 0.3) is 5.91 Å². The lowest BCUT2D eigenvalue weighted by Gasteiger charge is -2.15. The monoisotopic (exact) mass is 370 g/mol. The van der Waals surface area contributed by atoms with Crippen molar-refractivity contribution in [1.29, 1.82) is 0 Å². The third-order valence-corrected chi connectivity index (χ3v) is 5.15. The normalized spacial score (nSPS) is 17.1. The third-order valence-electron chi connectivity index (χ3n) is 4.18. The smallest absolute Gasteiger partial charge is 0.268 e. The van der Waals surface area contributed by atoms with E-state index in [2.05, 4.69) is 0 Å². The summed E-state index contributed by atoms with van der Waals surface area (Å²) in [6.07, 6.45) is 1.92. The Labute approximate surface area is 163 Å². The zero-order valence-electron chi connectivity index (χ0n) is 14.9. The number of rotatable bonds is 3. The summed E-state index contributed by atoms with van der Waals surface area (Å²) in [7, 11) is 0. The number of carbonyl (C=O) groups excluding carboxylic acids is 1. The molecular formula is C23H18N2OS. The van der Waals surface area contributed by atoms with Gasteiger partial charge in [-0.05, 0) is 54.6 Å². The number of benzene rings is 3. The molecule has 1 heterocycles. The second kappa shape index (κ2) is 7.64. The maximum Gasteiger partial charge on any atom is 0.271 e. The van der Waals surface area contributed by atoms with E-state index in [1.165, 1.54) is 17.3 Å². The largest absolute Gasteiger partial charge is 0.271 e. The third kappa shape index (κ3) is 3.86. The Morgan fingerprint density at radius 2 is 1.48 bits per heavy atom. The van der Waals surface area contributed by atoms with E-state index in [9.17, 15) is 4.79 Å². The van der Waals surface area contributed by atoms with Crippen molar-refractivity contribution in [2.24, 2.45) is 4.99 Å². The van der Waals surface area contributed by atoms with E-state index in [1.807, 2.05) is 97.9 Å². The average molecular weight is 370 g/mol. The highest BCUT2D eigenvalue weighted by Gasteiger charge is 2.34. The summed E-state index contributed by atoms with van der Waals surface area (Å²) in [5.74, 6) is -0.0547. The van der Waals surface area contributed by atoms with Crippen molar-refractivity contribution >= 4 is 40.3 Å². The molecule has 0 aromatic heterocycles. The van der Waals surface area contributed by atoms with E-state index in [1.54, 1.807) is 4.90 Å². The van der Waals surface area contributed by atoms with Crippen LogP contribution >= 0.6 is 11.8 Å². The lowest BCUT2D eigenvalue weighted by Crippen LogP contribution is -2.28. The molecule has 132 valence electrons. The van der Waals surface area contributed by atoms with Crippen molar-refractivity contribution in [3.05, 3.63) is 101 Å². The van der Waals surface area contributed by atoms with Gasteiger partial charge in [-0.25, -0.2) is 4.99 Å². The highest BCUT2D eigenvalue weighted by molar-refractivity contribution is 8.19. The lowest BCUT2D eigenvalue weighted by atomic mass is 10.2. The molecule has 0 saturated carbocycles. The standard InChI is InChI=1S/C23H18N2OS/c1-17-12-14-19(15-13-17)24-23-25(20-10-6-3-7-11-20)22(26)21(27-23)16-18-8-4-2-5-9-18/h2-16H,1H3. The number of para-hydroxylation sites is 1. The van der Waals surface area contributed by atoms with Gasteiger partial charge in [0.15, 0.2) is 5.17 Å². The van der Waals surface area contributed by atoms with E-state index in [0.717, 1.165) is 16.9 Å². The first-order chi connectivity index (χ1) is 13.2. The van der Waals surface area contributed by atoms with Crippen LogP contribution < -0.4 is 4.90 Å². The van der Waals surface area contributed by atoms with Gasteiger partial charge < -0.3 is 0 Å². The number of amidine groups is 1. The summed E-state index contributed by atoms with van der Waals surface area (Å²) in [6, 6.07) is 27.5. The van der Waals surface area contributed by atoms with Crippen molar-refractivity contribution < 1.29 is 4.79 Å². The van der Waals surface area contributed by atoms with E-state index >= 15 is 0 Å². The molecule has 0 unspecified atom stereocenters. The highest BCUT2D eigenvalue weighted by Crippen LogP contribution is 2.37. The van der Waals surface area contributed by atoms with E-state index < -0.39 is 0 Å². The minimum Gasteiger partial charge on any atom is -0.268 e. The van der Waals surface area contributed by atoms with Crippen LogP contribution in [0.25, 0.3) is 6.08 Å². The van der Waals surface area contributed by atoms with E-state index in [-0.39, 0.29) is 5.91 Å². The molecule has 1 aliphatic rings. The molecule has 4 heteroatoms. The fourth-order valence-electron chi connectivity index (χ4n) is 2.78. The van der Waals surface area contributed by atoms with Gasteiger partial charge in [0.05, 0.1) is 16.3 Å². The molecule has 1 fully saturated rings. The first-order valence-corrected chi connectivity index (χ1v) is 9.52. The molecule has 1 amide bonds. The zero-order valence-corrected chi connectivity index (χ0v) is 15.7. The van der Waals surface area contributed by atoms with Crippen LogP contribution in [0.5, 0.6) is 0 Å². The summed E-state index contributed by atoms with van der Waals surface area (Å²) >= 11 is 1.40. The van der Waals surface area contributed by atoms with Crippen LogP contribution in [0.2, 0.25) is 0 Å². The van der Waals surface area contributed by atoms with Crippen LogP contribution in [0.4, 0.5) is 11.4 Å². The Balaban J connectivity index is 1.76. The summed E-state index contributed by atoms with van der Waals surface area (Å²) in [5.41, 5.74) is 3.83. The van der Waals surface area contributed by atoms with Gasteiger partial charge in [-0.1, -0.05) is 66.2 Å². The molecule has 0 radical (unpaired) electrons. The van der Waals surface area contributed by atoms with Crippen molar-refractivity contribution in [2.45, 2.75) is 6.92 Å². The van der Waals surface area contributed by atoms with Crippen molar-refractivity contribution in [2.75, 3.05) is 4.90 Å². The summed E-state index contributed by atoms with van der Waals surface area (Å²) < 4.78 is 0. The van der Waals surface area contributed by atoms with Crippen molar-refractivity contribution in [3.8, 4) is 0 Å². The molecule has 27 heavy (non-hydrogen) atoms. The molecule has 3 aromatic rings. The van der Waals surface area contributed by atoms with Gasteiger partial charge >= 0.3 is 0 Å². The van der Waals surface area contributed by atoms with Crippen LogP contribution in [-0.4, -0.2) is 11.1 Å². The molecule has 1 aliphatic heterocycles. The first kappa shape index (κ1) is 17.3. The molecule has 3 nitrogen and oxygen atoms in total. The highest BCUT2D eigenvalue weighted by atomic mass is 32.2. The van der Waals surface area contributed by atoms with Crippen LogP contribution in [-0.2, 0) is 4.79 Å². The Morgan fingerprint density at radius 3 is 2.15 bits per heavy atom. The predicted molar refractivity (Wildman–Crippen MR) is 114 cm³/mol. The Kier molecular flexibility index (Phi) is 4.90. The lowest BCUT2D eigenvalue weighted by molar-refractivity contribution is -0.113. The van der Waals surface area contributed by atoms with Crippen LogP contribution in [0.1, 0.15) is 11.1 Å². The topological polar surface area (TPSA) is 32.7 Å². The molecule has 0 atom stereocenters. The summed E-state index contributed by atoms with van der Waals surface area (Å²) in [4.78, 5) is 20.2. The minimum atomic E-state index is -0.0547. The molecule has 1 saturated heterocycles. The number of carbonyl (C=O) groups is 1. The molecular weight excluding hydrogens is 352 g/mol. The number of hydrogen-bond acceptors (Lipinski definition) is 3. The maximum atomic E-state index is 13.1. The van der Waals surface area contributed by atoms with Gasteiger partial charge in [-0.15, -0.1) is 0 Å². The van der Waals surface area contributed by atoms with Gasteiger partial charge in [0, 0.05) is 0 Å². The summed E-state index contributed by atoms with van der Waals surface area (Å²) in [6.45, 7) is 2.04. The van der Waals surface area contributed by atoms with Gasteiger partial charge in [-0.2, -0.15) is 0 Å². The molecule has 0 N–H and O–H groups in total. The van der Waals surface area contributed by atoms with Crippen LogP contribution in [0.3, 0.4) is 0 Å². The number of thioether (sulfide) groups is 1. The molecule has 4 rings (SSSR count). The molecule has 0 bridgehead atoms. The Morgan fingerprint density at radius 1 is 0.852 bits per heavy atom. The Bertz CT molecular complexity index is 1010. The number of nitrogens with zero attached hydrogens (tertiary/aromatic N) is 2. The predicted octanol–water partition coefficient (Wildman–Crippen LogP) is 5.80. The van der Waals surface area contributed by atoms with Crippen molar-refractivity contribution in [3.63, 3.8) is 0 Å². The van der Waals surface area contributed by atoms with Crippen LogP contribution in [0, 0.1) is 6.92 Å². The number of amides is 1. The fourth-order valence-corrected chi connectivity index (χ4v) is 3.78. The zero-order chi connectivity index (χ0) is 18.6. The number of anilines is 1. The fraction of sp³-hybridized carbons (Fsp3) is 0.0435. The number of aryl methyl sites for hydroxylation is 1. The molecule has 3 aromatic carbocycles. The second-order valence-corrected chi connectivity index (χ2v) is 7.24. The van der Waals surface area contributed by atoms with E-state index in [0.29, 0.717) is 10.1 Å². The molecule has 0 aliphatic carbocycles. The van der Waals surface area contributed by atoms with Gasteiger partial charge in [0.2, 0.25) is 0 Å². The quantitative estimate of drug-likeness (QED) is 0.546. The Hall–Kier alpha value is -3.11. The number of aliphatic imine (C=N–C) groups is 1. The van der Waals surface area contributed by atoms with Gasteiger partial charge in [-0.3, -0.25) is 9.69 Å².